The highest BCUT2D eigenvalue weighted by Gasteiger charge is 2.41. The predicted octanol–water partition coefficient (Wildman–Crippen LogP) is 14.1. The molecule has 0 N–H and O–H groups in total. The fourth-order valence-corrected chi connectivity index (χ4v) is 16.4. The van der Waals surface area contributed by atoms with E-state index in [1.807, 2.05) is 36.4 Å². The molecule has 3 aromatic heterocycles. The predicted molar refractivity (Wildman–Crippen MR) is 314 cm³/mol. The van der Waals surface area contributed by atoms with Gasteiger partial charge in [0.2, 0.25) is 0 Å². The van der Waals surface area contributed by atoms with Crippen LogP contribution in [0.2, 0.25) is 0 Å². The Morgan fingerprint density at radius 2 is 0.653 bits per heavy atom. The van der Waals surface area contributed by atoms with Crippen molar-refractivity contribution in [3.63, 3.8) is 0 Å². The van der Waals surface area contributed by atoms with Gasteiger partial charge in [-0.05, 0) is 62.7 Å². The fraction of sp³-hybridized carbons (Fsp3) is 0. The Morgan fingerprint density at radius 3 is 1.16 bits per heavy atom. The van der Waals surface area contributed by atoms with Gasteiger partial charge in [-0.1, -0.05) is 249 Å². The van der Waals surface area contributed by atoms with Gasteiger partial charge in [0.05, 0.1) is 27.8 Å². The van der Waals surface area contributed by atoms with Gasteiger partial charge >= 0.3 is 0 Å². The summed E-state index contributed by atoms with van der Waals surface area (Å²) in [7, 11) is -2.90. The lowest BCUT2D eigenvalue weighted by Crippen LogP contribution is -2.74. The SMILES string of the molecule is c1ccc(-c2nc(-c3ccccc3)nc(-c3ccc(-c4cccc([Si](c5ccccc5)(c5ccccc5)c5ccccc5)c4)c(-n4c5ccccc5c5ccc(-n6c7ccccc7c7ccccc76)cc54)c3)n2)cc1. The zero-order chi connectivity index (χ0) is 49.7. The molecule has 11 aromatic carbocycles. The molecule has 0 saturated carbocycles. The van der Waals surface area contributed by atoms with Gasteiger partial charge in [0.15, 0.2) is 25.5 Å². The van der Waals surface area contributed by atoms with Crippen LogP contribution in [0.1, 0.15) is 0 Å². The van der Waals surface area contributed by atoms with Crippen LogP contribution < -0.4 is 20.7 Å². The molecule has 75 heavy (non-hydrogen) atoms. The lowest BCUT2D eigenvalue weighted by molar-refractivity contribution is 1.07. The van der Waals surface area contributed by atoms with Gasteiger partial charge in [0, 0.05) is 49.5 Å². The smallest absolute Gasteiger partial charge is 0.179 e. The molecule has 0 radical (unpaired) electrons. The number of nitrogens with zero attached hydrogens (tertiary/aromatic N) is 5. The monoisotopic (exact) mass is 973 g/mol. The number of fused-ring (bicyclic) bond motifs is 6. The number of para-hydroxylation sites is 3. The molecule has 0 fully saturated rings. The van der Waals surface area contributed by atoms with E-state index in [0.717, 1.165) is 50.2 Å². The van der Waals surface area contributed by atoms with Crippen LogP contribution in [0.4, 0.5) is 0 Å². The second kappa shape index (κ2) is 18.4. The first-order valence-corrected chi connectivity index (χ1v) is 27.5. The normalized spacial score (nSPS) is 11.7. The van der Waals surface area contributed by atoms with Crippen LogP contribution in [-0.2, 0) is 0 Å². The van der Waals surface area contributed by atoms with Crippen molar-refractivity contribution in [2.45, 2.75) is 0 Å². The van der Waals surface area contributed by atoms with E-state index < -0.39 is 8.07 Å². The van der Waals surface area contributed by atoms with Crippen LogP contribution >= 0.6 is 0 Å². The summed E-state index contributed by atoms with van der Waals surface area (Å²) in [4.78, 5) is 15.6. The van der Waals surface area contributed by atoms with E-state index >= 15 is 0 Å². The minimum absolute atomic E-state index is 0.597. The van der Waals surface area contributed by atoms with Crippen molar-refractivity contribution in [1.29, 1.82) is 0 Å². The molecular formula is C69H47N5Si. The summed E-state index contributed by atoms with van der Waals surface area (Å²) in [6.07, 6.45) is 0. The molecule has 5 nitrogen and oxygen atoms in total. The first-order chi connectivity index (χ1) is 37.2. The largest absolute Gasteiger partial charge is 0.309 e. The topological polar surface area (TPSA) is 48.5 Å². The van der Waals surface area contributed by atoms with Crippen molar-refractivity contribution in [1.82, 2.24) is 24.1 Å². The van der Waals surface area contributed by atoms with E-state index in [1.165, 1.54) is 53.3 Å². The Hall–Kier alpha value is -9.75. The van der Waals surface area contributed by atoms with Gasteiger partial charge in [-0.25, -0.2) is 15.0 Å². The number of benzene rings is 11. The maximum Gasteiger partial charge on any atom is 0.179 e. The van der Waals surface area contributed by atoms with Crippen LogP contribution in [0.25, 0.3) is 100 Å². The molecule has 0 unspecified atom stereocenters. The summed E-state index contributed by atoms with van der Waals surface area (Å²) in [6.45, 7) is 0. The van der Waals surface area contributed by atoms with Gasteiger partial charge in [-0.2, -0.15) is 0 Å². The quantitative estimate of drug-likeness (QED) is 0.101. The van der Waals surface area contributed by atoms with E-state index in [0.29, 0.717) is 17.5 Å². The van der Waals surface area contributed by atoms with Crippen LogP contribution in [0.15, 0.2) is 285 Å². The number of rotatable bonds is 10. The van der Waals surface area contributed by atoms with Crippen molar-refractivity contribution in [2.24, 2.45) is 0 Å². The Balaban J connectivity index is 1.06. The molecule has 0 saturated heterocycles. The Kier molecular flexibility index (Phi) is 10.8. The molecule has 352 valence electrons. The standard InChI is InChI=1S/C69H47N5Si/c1-6-23-48(24-7-1)67-70-68(49-25-8-2-9-26-49)72-69(71-67)51-41-43-57(50-27-22-34-56(45-50)75(53-28-10-3-11-29-53,54-30-12-4-13-31-54)55-32-14-5-15-33-55)65(46-51)74-64-40-21-18-37-60(64)61-44-42-52(47-66(61)74)73-62-38-19-16-35-58(62)59-36-17-20-39-63(59)73/h1-47H. The summed E-state index contributed by atoms with van der Waals surface area (Å²) in [5, 5.41) is 10.1. The average molecular weight is 974 g/mol. The van der Waals surface area contributed by atoms with Crippen LogP contribution in [0.3, 0.4) is 0 Å². The van der Waals surface area contributed by atoms with Crippen LogP contribution in [0, 0.1) is 0 Å². The zero-order valence-electron chi connectivity index (χ0n) is 40.9. The third-order valence-electron chi connectivity index (χ3n) is 14.9. The summed E-state index contributed by atoms with van der Waals surface area (Å²) < 4.78 is 4.89. The van der Waals surface area contributed by atoms with Gasteiger partial charge in [0.25, 0.3) is 0 Å². The van der Waals surface area contributed by atoms with E-state index in [4.69, 9.17) is 15.0 Å². The molecular weight excluding hydrogens is 927 g/mol. The molecule has 0 bridgehead atoms. The lowest BCUT2D eigenvalue weighted by atomic mass is 10.0. The average Bonchev–Trinajstić information content (AvgIpc) is 4.02. The highest BCUT2D eigenvalue weighted by atomic mass is 28.3. The van der Waals surface area contributed by atoms with Crippen LogP contribution in [-0.4, -0.2) is 32.2 Å². The van der Waals surface area contributed by atoms with Gasteiger partial charge in [-0.3, -0.25) is 0 Å². The van der Waals surface area contributed by atoms with E-state index in [1.54, 1.807) is 0 Å². The number of hydrogen-bond acceptors (Lipinski definition) is 3. The molecule has 0 aliphatic heterocycles. The Labute approximate surface area is 436 Å². The van der Waals surface area contributed by atoms with E-state index in [-0.39, 0.29) is 0 Å². The van der Waals surface area contributed by atoms with E-state index in [9.17, 15) is 0 Å². The molecule has 0 aliphatic rings. The lowest BCUT2D eigenvalue weighted by Gasteiger charge is -2.34. The number of hydrogen-bond donors (Lipinski definition) is 0. The summed E-state index contributed by atoms with van der Waals surface area (Å²) in [5.41, 5.74) is 11.6. The van der Waals surface area contributed by atoms with Crippen molar-refractivity contribution in [2.75, 3.05) is 0 Å². The minimum atomic E-state index is -2.90. The van der Waals surface area contributed by atoms with Crippen molar-refractivity contribution >= 4 is 72.4 Å². The third kappa shape index (κ3) is 7.41. The molecule has 3 heterocycles. The first kappa shape index (κ1) is 44.0. The molecule has 0 amide bonds. The number of aromatic nitrogens is 5. The highest BCUT2D eigenvalue weighted by molar-refractivity contribution is 7.19. The summed E-state index contributed by atoms with van der Waals surface area (Å²) in [6, 6.07) is 103. The zero-order valence-corrected chi connectivity index (χ0v) is 41.9. The minimum Gasteiger partial charge on any atom is -0.309 e. The van der Waals surface area contributed by atoms with E-state index in [2.05, 4.69) is 258 Å². The molecule has 0 spiro atoms. The first-order valence-electron chi connectivity index (χ1n) is 25.5. The maximum atomic E-state index is 5.27. The highest BCUT2D eigenvalue weighted by Crippen LogP contribution is 2.40. The molecule has 14 aromatic rings. The Morgan fingerprint density at radius 1 is 0.253 bits per heavy atom. The third-order valence-corrected chi connectivity index (χ3v) is 19.7. The molecule has 0 atom stereocenters. The summed E-state index contributed by atoms with van der Waals surface area (Å²) >= 11 is 0. The molecule has 6 heteroatoms. The second-order valence-corrected chi connectivity index (χ2v) is 22.9. The second-order valence-electron chi connectivity index (χ2n) is 19.1. The summed E-state index contributed by atoms with van der Waals surface area (Å²) in [5.74, 6) is 1.84. The van der Waals surface area contributed by atoms with Crippen LogP contribution in [0.5, 0.6) is 0 Å². The maximum absolute atomic E-state index is 5.27. The fourth-order valence-electron chi connectivity index (χ4n) is 11.6. The Bertz CT molecular complexity index is 4190. The van der Waals surface area contributed by atoms with Crippen molar-refractivity contribution in [3.8, 4) is 56.7 Å². The molecule has 0 aliphatic carbocycles. The van der Waals surface area contributed by atoms with Gasteiger partial charge < -0.3 is 9.13 Å². The van der Waals surface area contributed by atoms with Gasteiger partial charge in [0.1, 0.15) is 0 Å². The van der Waals surface area contributed by atoms with Crippen molar-refractivity contribution < 1.29 is 0 Å². The van der Waals surface area contributed by atoms with Crippen molar-refractivity contribution in [3.05, 3.63) is 285 Å². The molecule has 14 rings (SSSR count). The van der Waals surface area contributed by atoms with Gasteiger partial charge in [-0.15, -0.1) is 0 Å².